The van der Waals surface area contributed by atoms with Crippen molar-refractivity contribution in [3.8, 4) is 0 Å². The topological polar surface area (TPSA) is 50.4 Å². The van der Waals surface area contributed by atoms with Crippen molar-refractivity contribution in [1.29, 1.82) is 0 Å². The SMILES string of the molecule is CC(C)(C)OC(=O)NCC(F)(F)CNCc1cc(Br)c(Br)s1. The lowest BCUT2D eigenvalue weighted by atomic mass is 10.2. The number of hydrogen-bond donors (Lipinski definition) is 2. The average Bonchev–Trinajstić information content (AvgIpc) is 2.64. The number of carbonyl (C=O) groups is 1. The van der Waals surface area contributed by atoms with Gasteiger partial charge in [-0.25, -0.2) is 13.6 Å². The molecule has 0 saturated heterocycles. The number of thiophene rings is 1. The summed E-state index contributed by atoms with van der Waals surface area (Å²) in [4.78, 5) is 12.3. The molecule has 0 aliphatic carbocycles. The van der Waals surface area contributed by atoms with Crippen LogP contribution in [0.1, 0.15) is 25.6 Å². The molecule has 0 aliphatic heterocycles. The molecular formula is C13H18Br2F2N2O2S. The summed E-state index contributed by atoms with van der Waals surface area (Å²) >= 11 is 8.15. The minimum atomic E-state index is -3.05. The van der Waals surface area contributed by atoms with Crippen LogP contribution in [0.3, 0.4) is 0 Å². The van der Waals surface area contributed by atoms with Crippen molar-refractivity contribution in [2.75, 3.05) is 13.1 Å². The van der Waals surface area contributed by atoms with Crippen molar-refractivity contribution in [3.63, 3.8) is 0 Å². The summed E-state index contributed by atoms with van der Waals surface area (Å²) in [7, 11) is 0. The number of carbonyl (C=O) groups excluding carboxylic acids is 1. The molecule has 126 valence electrons. The Kier molecular flexibility index (Phi) is 7.22. The van der Waals surface area contributed by atoms with Crippen molar-refractivity contribution in [3.05, 3.63) is 19.2 Å². The molecule has 0 unspecified atom stereocenters. The number of alkyl halides is 2. The third kappa shape index (κ3) is 7.85. The van der Waals surface area contributed by atoms with Crippen LogP contribution in [-0.2, 0) is 11.3 Å². The van der Waals surface area contributed by atoms with Crippen molar-refractivity contribution >= 4 is 49.3 Å². The van der Waals surface area contributed by atoms with Gasteiger partial charge in [0, 0.05) is 15.9 Å². The Labute approximate surface area is 149 Å². The Bertz CT molecular complexity index is 499. The second kappa shape index (κ2) is 8.03. The van der Waals surface area contributed by atoms with E-state index in [4.69, 9.17) is 4.74 Å². The van der Waals surface area contributed by atoms with E-state index in [1.807, 2.05) is 6.07 Å². The van der Waals surface area contributed by atoms with Crippen LogP contribution in [0.25, 0.3) is 0 Å². The van der Waals surface area contributed by atoms with E-state index in [1.54, 1.807) is 20.8 Å². The molecule has 0 fully saturated rings. The predicted molar refractivity (Wildman–Crippen MR) is 90.6 cm³/mol. The maximum Gasteiger partial charge on any atom is 0.407 e. The standard InChI is InChI=1S/C13H18Br2F2N2O2S/c1-12(2,3)21-11(20)19-7-13(16,17)6-18-5-8-4-9(14)10(15)22-8/h4,18H,5-7H2,1-3H3,(H,19,20). The van der Waals surface area contributed by atoms with Gasteiger partial charge in [-0.1, -0.05) is 0 Å². The van der Waals surface area contributed by atoms with Crippen molar-refractivity contribution < 1.29 is 18.3 Å². The number of alkyl carbamates (subject to hydrolysis) is 1. The number of nitrogens with one attached hydrogen (secondary N) is 2. The van der Waals surface area contributed by atoms with E-state index < -0.39 is 30.7 Å². The summed E-state index contributed by atoms with van der Waals surface area (Å²) in [5, 5.41) is 4.76. The van der Waals surface area contributed by atoms with Gasteiger partial charge in [0.05, 0.1) is 16.9 Å². The van der Waals surface area contributed by atoms with Gasteiger partial charge in [-0.05, 0) is 58.7 Å². The zero-order valence-electron chi connectivity index (χ0n) is 12.4. The van der Waals surface area contributed by atoms with Gasteiger partial charge in [0.25, 0.3) is 5.92 Å². The van der Waals surface area contributed by atoms with Gasteiger partial charge in [-0.15, -0.1) is 11.3 Å². The van der Waals surface area contributed by atoms with Gasteiger partial charge in [-0.2, -0.15) is 0 Å². The highest BCUT2D eigenvalue weighted by Gasteiger charge is 2.30. The van der Waals surface area contributed by atoms with E-state index in [1.165, 1.54) is 11.3 Å². The fourth-order valence-corrected chi connectivity index (χ4v) is 3.57. The molecule has 0 radical (unpaired) electrons. The lowest BCUT2D eigenvalue weighted by Crippen LogP contribution is -2.44. The Hall–Kier alpha value is -0.250. The molecule has 4 nitrogen and oxygen atoms in total. The third-order valence-electron chi connectivity index (χ3n) is 2.27. The van der Waals surface area contributed by atoms with Crippen LogP contribution in [0.2, 0.25) is 0 Å². The van der Waals surface area contributed by atoms with Crippen LogP contribution in [0.4, 0.5) is 13.6 Å². The van der Waals surface area contributed by atoms with Crippen LogP contribution in [0.5, 0.6) is 0 Å². The molecule has 0 atom stereocenters. The molecule has 1 amide bonds. The normalized spacial score (nSPS) is 12.3. The van der Waals surface area contributed by atoms with E-state index in [0.717, 1.165) is 13.1 Å². The summed E-state index contributed by atoms with van der Waals surface area (Å²) in [5.41, 5.74) is -0.711. The first-order chi connectivity index (χ1) is 9.98. The summed E-state index contributed by atoms with van der Waals surface area (Å²) < 4.78 is 34.0. The van der Waals surface area contributed by atoms with Crippen LogP contribution in [-0.4, -0.2) is 30.7 Å². The van der Waals surface area contributed by atoms with Crippen molar-refractivity contribution in [2.24, 2.45) is 0 Å². The zero-order chi connectivity index (χ0) is 17.0. The monoisotopic (exact) mass is 462 g/mol. The highest BCUT2D eigenvalue weighted by molar-refractivity contribution is 9.13. The van der Waals surface area contributed by atoms with Crippen LogP contribution < -0.4 is 10.6 Å². The maximum absolute atomic E-state index is 13.7. The lowest BCUT2D eigenvalue weighted by Gasteiger charge is -2.22. The molecule has 0 spiro atoms. The number of halogens is 4. The highest BCUT2D eigenvalue weighted by Crippen LogP contribution is 2.32. The van der Waals surface area contributed by atoms with Crippen molar-refractivity contribution in [2.45, 2.75) is 38.8 Å². The second-order valence-electron chi connectivity index (χ2n) is 5.65. The molecule has 1 aromatic rings. The lowest BCUT2D eigenvalue weighted by molar-refractivity contribution is -0.00372. The van der Waals surface area contributed by atoms with Crippen LogP contribution in [0, 0.1) is 0 Å². The Balaban J connectivity index is 2.33. The first-order valence-electron chi connectivity index (χ1n) is 6.48. The van der Waals surface area contributed by atoms with Gasteiger partial charge in [-0.3, -0.25) is 0 Å². The first-order valence-corrected chi connectivity index (χ1v) is 8.88. The van der Waals surface area contributed by atoms with E-state index >= 15 is 0 Å². The first kappa shape index (κ1) is 19.8. The second-order valence-corrected chi connectivity index (χ2v) is 8.96. The maximum atomic E-state index is 13.7. The Morgan fingerprint density at radius 1 is 1.32 bits per heavy atom. The van der Waals surface area contributed by atoms with E-state index in [-0.39, 0.29) is 0 Å². The van der Waals surface area contributed by atoms with Crippen LogP contribution >= 0.6 is 43.2 Å². The fraction of sp³-hybridized carbons (Fsp3) is 0.615. The summed E-state index contributed by atoms with van der Waals surface area (Å²) in [6.07, 6.45) is -0.849. The molecule has 9 heteroatoms. The van der Waals surface area contributed by atoms with E-state index in [2.05, 4.69) is 42.5 Å². The smallest absolute Gasteiger partial charge is 0.407 e. The number of ether oxygens (including phenoxy) is 1. The predicted octanol–water partition coefficient (Wildman–Crippen LogP) is 4.52. The molecule has 0 aromatic carbocycles. The number of hydrogen-bond acceptors (Lipinski definition) is 4. The van der Waals surface area contributed by atoms with Gasteiger partial charge < -0.3 is 15.4 Å². The van der Waals surface area contributed by atoms with Gasteiger partial charge in [0.1, 0.15) is 5.60 Å². The quantitative estimate of drug-likeness (QED) is 0.651. The minimum Gasteiger partial charge on any atom is -0.444 e. The van der Waals surface area contributed by atoms with Gasteiger partial charge in [0.15, 0.2) is 0 Å². The van der Waals surface area contributed by atoms with Gasteiger partial charge >= 0.3 is 6.09 Å². The molecule has 1 rings (SSSR count). The highest BCUT2D eigenvalue weighted by atomic mass is 79.9. The molecule has 0 bridgehead atoms. The third-order valence-corrected chi connectivity index (χ3v) is 5.53. The number of amides is 1. The minimum absolute atomic E-state index is 0.330. The molecule has 22 heavy (non-hydrogen) atoms. The molecule has 2 N–H and O–H groups in total. The molecule has 1 heterocycles. The molecular weight excluding hydrogens is 446 g/mol. The zero-order valence-corrected chi connectivity index (χ0v) is 16.4. The summed E-state index contributed by atoms with van der Waals surface area (Å²) in [6.45, 7) is 4.04. The summed E-state index contributed by atoms with van der Waals surface area (Å²) in [5.74, 6) is -3.05. The summed E-state index contributed by atoms with van der Waals surface area (Å²) in [6, 6.07) is 1.86. The van der Waals surface area contributed by atoms with E-state index in [0.29, 0.717) is 6.54 Å². The fourth-order valence-electron chi connectivity index (χ4n) is 1.43. The van der Waals surface area contributed by atoms with Crippen molar-refractivity contribution in [1.82, 2.24) is 10.6 Å². The average molecular weight is 464 g/mol. The Morgan fingerprint density at radius 3 is 2.45 bits per heavy atom. The van der Waals surface area contributed by atoms with Gasteiger partial charge in [0.2, 0.25) is 0 Å². The molecule has 1 aromatic heterocycles. The molecule has 0 aliphatic rings. The number of rotatable bonds is 6. The van der Waals surface area contributed by atoms with Crippen LogP contribution in [0.15, 0.2) is 14.3 Å². The van der Waals surface area contributed by atoms with E-state index in [9.17, 15) is 13.6 Å². The largest absolute Gasteiger partial charge is 0.444 e. The Morgan fingerprint density at radius 2 is 1.95 bits per heavy atom. The molecule has 0 saturated carbocycles.